The van der Waals surface area contributed by atoms with Gasteiger partial charge in [0.15, 0.2) is 0 Å². The molecule has 1 aromatic heterocycles. The molecule has 2 aromatic rings. The van der Waals surface area contributed by atoms with E-state index in [2.05, 4.69) is 20.7 Å². The van der Waals surface area contributed by atoms with Crippen LogP contribution in [-0.2, 0) is 10.0 Å². The summed E-state index contributed by atoms with van der Waals surface area (Å²) in [7, 11) is -3.52. The topological polar surface area (TPSA) is 46.2 Å². The highest BCUT2D eigenvalue weighted by Crippen LogP contribution is 2.31. The highest BCUT2D eigenvalue weighted by molar-refractivity contribution is 9.11. The van der Waals surface area contributed by atoms with E-state index in [0.717, 1.165) is 13.6 Å². The lowest BCUT2D eigenvalue weighted by Crippen LogP contribution is -2.12. The Kier molecular flexibility index (Phi) is 4.60. The number of hydrogen-bond donors (Lipinski definition) is 1. The fourth-order valence-electron chi connectivity index (χ4n) is 1.57. The Morgan fingerprint density at radius 1 is 1.26 bits per heavy atom. The highest BCUT2D eigenvalue weighted by Gasteiger charge is 2.19. The Morgan fingerprint density at radius 3 is 2.37 bits per heavy atom. The van der Waals surface area contributed by atoms with Gasteiger partial charge in [0.25, 0.3) is 10.0 Å². The van der Waals surface area contributed by atoms with Gasteiger partial charge >= 0.3 is 0 Å². The molecule has 3 nitrogen and oxygen atoms in total. The van der Waals surface area contributed by atoms with Crippen molar-refractivity contribution in [1.82, 2.24) is 0 Å². The summed E-state index contributed by atoms with van der Waals surface area (Å²) in [5.74, 6) is 0. The number of benzene rings is 1. The molecule has 0 spiro atoms. The van der Waals surface area contributed by atoms with Gasteiger partial charge in [-0.1, -0.05) is 0 Å². The highest BCUT2D eigenvalue weighted by atomic mass is 79.9. The third-order valence-electron chi connectivity index (χ3n) is 2.47. The zero-order chi connectivity index (χ0) is 14.0. The summed E-state index contributed by atoms with van der Waals surface area (Å²) in [6.07, 6.45) is 1.98. The van der Waals surface area contributed by atoms with Crippen LogP contribution in [0.25, 0.3) is 0 Å². The van der Waals surface area contributed by atoms with E-state index in [0.29, 0.717) is 10.6 Å². The van der Waals surface area contributed by atoms with E-state index in [1.54, 1.807) is 36.9 Å². The van der Waals surface area contributed by atoms with Crippen LogP contribution in [0.2, 0.25) is 0 Å². The van der Waals surface area contributed by atoms with Crippen molar-refractivity contribution in [3.63, 3.8) is 0 Å². The molecular formula is C12H12BrNO2S3. The predicted molar refractivity (Wildman–Crippen MR) is 85.8 cm³/mol. The molecule has 0 aliphatic rings. The first kappa shape index (κ1) is 14.9. The van der Waals surface area contributed by atoms with Crippen LogP contribution in [0, 0.1) is 6.92 Å². The normalized spacial score (nSPS) is 11.5. The fraction of sp³-hybridized carbons (Fsp3) is 0.167. The monoisotopic (exact) mass is 377 g/mol. The van der Waals surface area contributed by atoms with Gasteiger partial charge in [-0.05, 0) is 59.4 Å². The van der Waals surface area contributed by atoms with Crippen LogP contribution in [0.1, 0.15) is 4.88 Å². The molecule has 19 heavy (non-hydrogen) atoms. The first-order valence-corrected chi connectivity index (χ1v) is 9.67. The van der Waals surface area contributed by atoms with Gasteiger partial charge in [0.1, 0.15) is 4.90 Å². The molecule has 0 aliphatic carbocycles. The van der Waals surface area contributed by atoms with Crippen LogP contribution in [-0.4, -0.2) is 14.7 Å². The largest absolute Gasteiger partial charge is 0.280 e. The van der Waals surface area contributed by atoms with Gasteiger partial charge in [-0.25, -0.2) is 8.42 Å². The van der Waals surface area contributed by atoms with Crippen LogP contribution in [0.5, 0.6) is 0 Å². The number of rotatable bonds is 4. The molecule has 102 valence electrons. The molecule has 0 bridgehead atoms. The summed E-state index contributed by atoms with van der Waals surface area (Å²) in [6, 6.07) is 8.93. The smallest absolute Gasteiger partial charge is 0.263 e. The minimum atomic E-state index is -3.52. The third kappa shape index (κ3) is 3.53. The second-order valence-corrected chi connectivity index (χ2v) is 8.97. The first-order chi connectivity index (χ1) is 8.92. The van der Waals surface area contributed by atoms with Crippen LogP contribution < -0.4 is 4.72 Å². The SMILES string of the molecule is CSc1ccc(NS(=O)(=O)c2cc(Br)sc2C)cc1. The summed E-state index contributed by atoms with van der Waals surface area (Å²) >= 11 is 6.33. The van der Waals surface area contributed by atoms with E-state index in [-0.39, 0.29) is 0 Å². The molecule has 1 N–H and O–H groups in total. The van der Waals surface area contributed by atoms with Crippen LogP contribution in [0.4, 0.5) is 5.69 Å². The molecule has 0 amide bonds. The summed E-state index contributed by atoms with van der Waals surface area (Å²) in [6.45, 7) is 1.79. The average molecular weight is 378 g/mol. The van der Waals surface area contributed by atoms with E-state index in [1.165, 1.54) is 11.3 Å². The quantitative estimate of drug-likeness (QED) is 0.805. The Morgan fingerprint density at radius 2 is 1.89 bits per heavy atom. The molecule has 0 saturated heterocycles. The Labute approximate surface area is 129 Å². The molecule has 0 atom stereocenters. The minimum absolute atomic E-state index is 0.318. The Bertz CT molecular complexity index is 678. The van der Waals surface area contributed by atoms with Crippen molar-refractivity contribution in [2.45, 2.75) is 16.7 Å². The standard InChI is InChI=1S/C12H12BrNO2S3/c1-8-11(7-12(13)18-8)19(15,16)14-9-3-5-10(17-2)6-4-9/h3-7,14H,1-2H3. The lowest BCUT2D eigenvalue weighted by atomic mass is 10.3. The van der Waals surface area contributed by atoms with Crippen molar-refractivity contribution in [2.24, 2.45) is 0 Å². The zero-order valence-corrected chi connectivity index (χ0v) is 14.3. The molecule has 0 unspecified atom stereocenters. The molecule has 0 fully saturated rings. The van der Waals surface area contributed by atoms with Gasteiger partial charge in [0.05, 0.1) is 3.79 Å². The van der Waals surface area contributed by atoms with Crippen LogP contribution >= 0.6 is 39.0 Å². The molecule has 1 heterocycles. The Balaban J connectivity index is 2.28. The van der Waals surface area contributed by atoms with Crippen molar-refractivity contribution in [1.29, 1.82) is 0 Å². The molecular weight excluding hydrogens is 366 g/mol. The van der Waals surface area contributed by atoms with Crippen LogP contribution in [0.15, 0.2) is 43.9 Å². The molecule has 2 rings (SSSR count). The van der Waals surface area contributed by atoms with E-state index < -0.39 is 10.0 Å². The second-order valence-electron chi connectivity index (χ2n) is 3.80. The Hall–Kier alpha value is -0.500. The summed E-state index contributed by atoms with van der Waals surface area (Å²) < 4.78 is 27.9. The first-order valence-electron chi connectivity index (χ1n) is 5.35. The van der Waals surface area contributed by atoms with Crippen molar-refractivity contribution < 1.29 is 8.42 Å². The summed E-state index contributed by atoms with van der Waals surface area (Å²) in [5.41, 5.74) is 0.569. The average Bonchev–Trinajstić information content (AvgIpc) is 2.70. The number of hydrogen-bond acceptors (Lipinski definition) is 4. The lowest BCUT2D eigenvalue weighted by molar-refractivity contribution is 0.601. The second kappa shape index (κ2) is 5.87. The van der Waals surface area contributed by atoms with Crippen LogP contribution in [0.3, 0.4) is 0 Å². The zero-order valence-electron chi connectivity index (χ0n) is 10.3. The summed E-state index contributed by atoms with van der Waals surface area (Å²) in [5, 5.41) is 0. The molecule has 1 aromatic carbocycles. The number of anilines is 1. The maximum absolute atomic E-state index is 12.3. The van der Waals surface area contributed by atoms with Gasteiger partial charge < -0.3 is 0 Å². The molecule has 7 heteroatoms. The van der Waals surface area contributed by atoms with Gasteiger partial charge in [-0.15, -0.1) is 23.1 Å². The number of sulfonamides is 1. The van der Waals surface area contributed by atoms with E-state index in [9.17, 15) is 8.42 Å². The van der Waals surface area contributed by atoms with E-state index >= 15 is 0 Å². The minimum Gasteiger partial charge on any atom is -0.280 e. The van der Waals surface area contributed by atoms with Crippen molar-refractivity contribution in [2.75, 3.05) is 11.0 Å². The van der Waals surface area contributed by atoms with Gasteiger partial charge in [-0.2, -0.15) is 0 Å². The third-order valence-corrected chi connectivity index (χ3v) is 6.41. The van der Waals surface area contributed by atoms with Gasteiger partial charge in [-0.3, -0.25) is 4.72 Å². The van der Waals surface area contributed by atoms with Crippen molar-refractivity contribution in [3.8, 4) is 0 Å². The molecule has 0 radical (unpaired) electrons. The number of thioether (sulfide) groups is 1. The van der Waals surface area contributed by atoms with Crippen molar-refractivity contribution >= 4 is 54.7 Å². The molecule has 0 aliphatic heterocycles. The van der Waals surface area contributed by atoms with Crippen molar-refractivity contribution in [3.05, 3.63) is 39.0 Å². The fourth-order valence-corrected chi connectivity index (χ4v) is 5.45. The maximum atomic E-state index is 12.3. The number of thiophene rings is 1. The molecule has 0 saturated carbocycles. The van der Waals surface area contributed by atoms with E-state index in [4.69, 9.17) is 0 Å². The number of aryl methyl sites for hydroxylation is 1. The lowest BCUT2D eigenvalue weighted by Gasteiger charge is -2.08. The summed E-state index contributed by atoms with van der Waals surface area (Å²) in [4.78, 5) is 2.18. The van der Waals surface area contributed by atoms with Gasteiger partial charge in [0.2, 0.25) is 0 Å². The number of nitrogens with one attached hydrogen (secondary N) is 1. The maximum Gasteiger partial charge on any atom is 0.263 e. The predicted octanol–water partition coefficient (Wildman–Crippen LogP) is 4.34. The number of halogens is 1. The van der Waals surface area contributed by atoms with Gasteiger partial charge in [0, 0.05) is 15.5 Å². The van der Waals surface area contributed by atoms with E-state index in [1.807, 2.05) is 18.4 Å².